The van der Waals surface area contributed by atoms with Crippen molar-refractivity contribution >= 4 is 0 Å². The molecule has 1 fully saturated rings. The van der Waals surface area contributed by atoms with Gasteiger partial charge in [-0.2, -0.15) is 0 Å². The van der Waals surface area contributed by atoms with Crippen LogP contribution in [0.25, 0.3) is 0 Å². The Balaban J connectivity index is 2.33. The van der Waals surface area contributed by atoms with Crippen molar-refractivity contribution < 1.29 is 9.47 Å². The third-order valence-electron chi connectivity index (χ3n) is 4.43. The van der Waals surface area contributed by atoms with E-state index in [4.69, 9.17) is 9.47 Å². The molecule has 21 heavy (non-hydrogen) atoms. The number of benzene rings is 1. The molecule has 1 heterocycles. The molecule has 0 saturated carbocycles. The molecule has 0 amide bonds. The number of methoxy groups -OCH3 is 1. The summed E-state index contributed by atoms with van der Waals surface area (Å²) in [5, 5.41) is 3.73. The monoisotopic (exact) mass is 291 g/mol. The Morgan fingerprint density at radius 3 is 2.86 bits per heavy atom. The van der Waals surface area contributed by atoms with E-state index in [-0.39, 0.29) is 0 Å². The minimum absolute atomic E-state index is 0.312. The third-order valence-corrected chi connectivity index (χ3v) is 4.43. The topological polar surface area (TPSA) is 30.5 Å². The fourth-order valence-corrected chi connectivity index (χ4v) is 3.36. The van der Waals surface area contributed by atoms with E-state index in [9.17, 15) is 0 Å². The number of hydrogen-bond acceptors (Lipinski definition) is 3. The first kappa shape index (κ1) is 16.3. The molecular weight excluding hydrogens is 262 g/mol. The van der Waals surface area contributed by atoms with Crippen LogP contribution >= 0.6 is 0 Å². The van der Waals surface area contributed by atoms with Crippen molar-refractivity contribution in [1.29, 1.82) is 0 Å². The lowest BCUT2D eigenvalue weighted by Gasteiger charge is -2.30. The Kier molecular flexibility index (Phi) is 6.07. The predicted octanol–water partition coefficient (Wildman–Crippen LogP) is 3.86. The van der Waals surface area contributed by atoms with Crippen molar-refractivity contribution in [2.75, 3.05) is 20.3 Å². The highest BCUT2D eigenvalue weighted by Crippen LogP contribution is 2.38. The molecule has 3 atom stereocenters. The van der Waals surface area contributed by atoms with Crippen LogP contribution in [-0.2, 0) is 4.74 Å². The molecule has 1 saturated heterocycles. The zero-order valence-electron chi connectivity index (χ0n) is 13.8. The average Bonchev–Trinajstić information content (AvgIpc) is 2.96. The first-order chi connectivity index (χ1) is 10.2. The normalized spacial score (nSPS) is 23.2. The van der Waals surface area contributed by atoms with Gasteiger partial charge in [-0.25, -0.2) is 0 Å². The zero-order valence-corrected chi connectivity index (χ0v) is 13.8. The van der Waals surface area contributed by atoms with Gasteiger partial charge in [0.25, 0.3) is 0 Å². The van der Waals surface area contributed by atoms with Gasteiger partial charge in [0.15, 0.2) is 0 Å². The van der Waals surface area contributed by atoms with E-state index in [1.165, 1.54) is 11.1 Å². The van der Waals surface area contributed by atoms with E-state index < -0.39 is 0 Å². The van der Waals surface area contributed by atoms with E-state index in [1.54, 1.807) is 7.11 Å². The fraction of sp³-hybridized carbons (Fsp3) is 0.667. The third kappa shape index (κ3) is 3.78. The van der Waals surface area contributed by atoms with Gasteiger partial charge in [0.05, 0.1) is 13.2 Å². The van der Waals surface area contributed by atoms with Crippen molar-refractivity contribution in [2.45, 2.75) is 52.2 Å². The molecule has 1 aliphatic heterocycles. The Bertz CT molecular complexity index is 447. The smallest absolute Gasteiger partial charge is 0.123 e. The van der Waals surface area contributed by atoms with Gasteiger partial charge in [0.1, 0.15) is 5.75 Å². The minimum atomic E-state index is 0.312. The number of ether oxygens (including phenoxy) is 2. The van der Waals surface area contributed by atoms with E-state index >= 15 is 0 Å². The average molecular weight is 291 g/mol. The predicted molar refractivity (Wildman–Crippen MR) is 86.9 cm³/mol. The lowest BCUT2D eigenvalue weighted by atomic mass is 9.85. The maximum absolute atomic E-state index is 5.92. The molecule has 1 N–H and O–H groups in total. The lowest BCUT2D eigenvalue weighted by Crippen LogP contribution is -2.33. The van der Waals surface area contributed by atoms with Gasteiger partial charge < -0.3 is 14.8 Å². The number of rotatable bonds is 7. The van der Waals surface area contributed by atoms with Crippen LogP contribution in [0.3, 0.4) is 0 Å². The first-order valence-electron chi connectivity index (χ1n) is 8.20. The summed E-state index contributed by atoms with van der Waals surface area (Å²) in [5.74, 6) is 1.51. The van der Waals surface area contributed by atoms with Gasteiger partial charge in [0, 0.05) is 24.1 Å². The van der Waals surface area contributed by atoms with Gasteiger partial charge in [-0.05, 0) is 38.8 Å². The molecule has 0 bridgehead atoms. The first-order valence-corrected chi connectivity index (χ1v) is 8.20. The maximum atomic E-state index is 5.92. The minimum Gasteiger partial charge on any atom is -0.496 e. The highest BCUT2D eigenvalue weighted by atomic mass is 16.5. The number of hydrogen-bond donors (Lipinski definition) is 1. The van der Waals surface area contributed by atoms with Crippen LogP contribution in [-0.4, -0.2) is 26.4 Å². The second kappa shape index (κ2) is 7.81. The van der Waals surface area contributed by atoms with Crippen molar-refractivity contribution in [3.8, 4) is 5.75 Å². The molecule has 0 aliphatic carbocycles. The summed E-state index contributed by atoms with van der Waals surface area (Å²) < 4.78 is 11.5. The molecule has 118 valence electrons. The molecule has 0 radical (unpaired) electrons. The fourth-order valence-electron chi connectivity index (χ4n) is 3.36. The van der Waals surface area contributed by atoms with E-state index in [0.717, 1.165) is 38.2 Å². The highest BCUT2D eigenvalue weighted by Gasteiger charge is 2.35. The second-order valence-corrected chi connectivity index (χ2v) is 5.95. The maximum Gasteiger partial charge on any atom is 0.123 e. The van der Waals surface area contributed by atoms with Crippen LogP contribution in [0.2, 0.25) is 0 Å². The van der Waals surface area contributed by atoms with Gasteiger partial charge in [-0.1, -0.05) is 31.5 Å². The summed E-state index contributed by atoms with van der Waals surface area (Å²) in [6.45, 7) is 8.46. The Morgan fingerprint density at radius 2 is 2.19 bits per heavy atom. The molecule has 1 aliphatic rings. The van der Waals surface area contributed by atoms with Crippen LogP contribution in [0.15, 0.2) is 18.2 Å². The van der Waals surface area contributed by atoms with Gasteiger partial charge >= 0.3 is 0 Å². The molecule has 3 heteroatoms. The van der Waals surface area contributed by atoms with Gasteiger partial charge in [-0.3, -0.25) is 0 Å². The van der Waals surface area contributed by atoms with Gasteiger partial charge in [-0.15, -0.1) is 0 Å². The van der Waals surface area contributed by atoms with Crippen LogP contribution in [0, 0.1) is 12.8 Å². The van der Waals surface area contributed by atoms with Crippen molar-refractivity contribution in [1.82, 2.24) is 5.32 Å². The Labute approximate surface area is 129 Å². The largest absolute Gasteiger partial charge is 0.496 e. The molecular formula is C18H29NO2. The zero-order chi connectivity index (χ0) is 15.2. The van der Waals surface area contributed by atoms with Crippen LogP contribution in [0.5, 0.6) is 5.75 Å². The summed E-state index contributed by atoms with van der Waals surface area (Å²) in [5.41, 5.74) is 2.56. The van der Waals surface area contributed by atoms with Crippen molar-refractivity contribution in [2.24, 2.45) is 5.92 Å². The van der Waals surface area contributed by atoms with E-state index in [1.807, 2.05) is 0 Å². The number of aryl methyl sites for hydroxylation is 1. The van der Waals surface area contributed by atoms with Crippen LogP contribution in [0.1, 0.15) is 50.3 Å². The quantitative estimate of drug-likeness (QED) is 0.827. The second-order valence-electron chi connectivity index (χ2n) is 5.95. The lowest BCUT2D eigenvalue weighted by molar-refractivity contribution is 0.0771. The standard InChI is InChI=1S/C18H29NO2/c1-5-10-19-18(14-9-11-21-16(14)6-2)15-12-13(3)7-8-17(15)20-4/h7-8,12,14,16,18-19H,5-6,9-11H2,1-4H3. The molecule has 3 unspecified atom stereocenters. The Hall–Kier alpha value is -1.06. The molecule has 0 spiro atoms. The van der Waals surface area contributed by atoms with E-state index in [0.29, 0.717) is 18.1 Å². The molecule has 1 aromatic carbocycles. The van der Waals surface area contributed by atoms with Crippen molar-refractivity contribution in [3.05, 3.63) is 29.3 Å². The molecule has 3 nitrogen and oxygen atoms in total. The van der Waals surface area contributed by atoms with E-state index in [2.05, 4.69) is 44.3 Å². The summed E-state index contributed by atoms with van der Waals surface area (Å²) in [4.78, 5) is 0. The molecule has 1 aromatic rings. The summed E-state index contributed by atoms with van der Waals surface area (Å²) in [6.07, 6.45) is 3.68. The summed E-state index contributed by atoms with van der Waals surface area (Å²) in [6, 6.07) is 6.77. The van der Waals surface area contributed by atoms with Crippen LogP contribution in [0.4, 0.5) is 0 Å². The van der Waals surface area contributed by atoms with Gasteiger partial charge in [0.2, 0.25) is 0 Å². The highest BCUT2D eigenvalue weighted by molar-refractivity contribution is 5.39. The van der Waals surface area contributed by atoms with Crippen LogP contribution < -0.4 is 10.1 Å². The Morgan fingerprint density at radius 1 is 1.38 bits per heavy atom. The number of nitrogens with one attached hydrogen (secondary N) is 1. The van der Waals surface area contributed by atoms with Crippen molar-refractivity contribution in [3.63, 3.8) is 0 Å². The molecule has 0 aromatic heterocycles. The SMILES string of the molecule is CCCNC(c1cc(C)ccc1OC)C1CCOC1CC. The summed E-state index contributed by atoms with van der Waals surface area (Å²) >= 11 is 0. The molecule has 2 rings (SSSR count). The summed E-state index contributed by atoms with van der Waals surface area (Å²) in [7, 11) is 1.76.